The number of fused-ring (bicyclic) bond motifs is 1. The molecule has 11 heteroatoms. The highest BCUT2D eigenvalue weighted by atomic mass is 19.4. The molecule has 1 amide bonds. The Labute approximate surface area is 163 Å². The van der Waals surface area contributed by atoms with Gasteiger partial charge in [-0.2, -0.15) is 18.3 Å². The highest BCUT2D eigenvalue weighted by molar-refractivity contribution is 5.69. The molecular weight excluding hydrogens is 393 g/mol. The largest absolute Gasteiger partial charge is 0.495 e. The molecule has 4 rings (SSSR count). The zero-order valence-corrected chi connectivity index (χ0v) is 15.4. The van der Waals surface area contributed by atoms with Crippen molar-refractivity contribution in [3.63, 3.8) is 0 Å². The number of hydrogen-bond donors (Lipinski definition) is 1. The first-order valence-corrected chi connectivity index (χ1v) is 9.01. The summed E-state index contributed by atoms with van der Waals surface area (Å²) in [6, 6.07) is 5.43. The molecule has 3 heterocycles. The van der Waals surface area contributed by atoms with E-state index in [1.165, 1.54) is 4.90 Å². The van der Waals surface area contributed by atoms with Crippen LogP contribution in [-0.4, -0.2) is 70.0 Å². The van der Waals surface area contributed by atoms with Crippen LogP contribution in [0.5, 0.6) is 5.75 Å². The predicted octanol–water partition coefficient (Wildman–Crippen LogP) is 1.98. The molecule has 1 saturated carbocycles. The molecule has 0 aromatic carbocycles. The number of alkyl halides is 3. The van der Waals surface area contributed by atoms with Crippen molar-refractivity contribution in [3.05, 3.63) is 36.3 Å². The third kappa shape index (κ3) is 3.74. The molecule has 29 heavy (non-hydrogen) atoms. The number of carbonyl (C=O) groups excluding carboxylic acids is 1. The third-order valence-corrected chi connectivity index (χ3v) is 5.37. The van der Waals surface area contributed by atoms with E-state index in [0.29, 0.717) is 24.7 Å². The molecular formula is C18H19F3N4O4. The lowest BCUT2D eigenvalue weighted by atomic mass is 10.2. The Kier molecular flexibility index (Phi) is 4.85. The fourth-order valence-electron chi connectivity index (χ4n) is 3.79. The minimum atomic E-state index is -4.79. The van der Waals surface area contributed by atoms with Gasteiger partial charge in [0, 0.05) is 25.2 Å². The van der Waals surface area contributed by atoms with Gasteiger partial charge in [-0.1, -0.05) is 0 Å². The van der Waals surface area contributed by atoms with Crippen LogP contribution in [0, 0.1) is 11.8 Å². The number of hydrogen-bond acceptors (Lipinski definition) is 6. The van der Waals surface area contributed by atoms with Gasteiger partial charge in [-0.3, -0.25) is 0 Å². The minimum Gasteiger partial charge on any atom is -0.495 e. The van der Waals surface area contributed by atoms with Gasteiger partial charge >= 0.3 is 12.3 Å². The molecule has 1 saturated heterocycles. The molecule has 2 aromatic rings. The summed E-state index contributed by atoms with van der Waals surface area (Å²) in [6.07, 6.45) is -4.97. The topological polar surface area (TPSA) is 89.7 Å². The molecule has 3 atom stereocenters. The number of carbonyl (C=O) groups is 1. The molecule has 0 radical (unpaired) electrons. The maximum Gasteiger partial charge on any atom is 0.427 e. The monoisotopic (exact) mass is 412 g/mol. The molecule has 1 aliphatic carbocycles. The smallest absolute Gasteiger partial charge is 0.427 e. The molecule has 1 aliphatic heterocycles. The SMILES string of the molecule is COc1ccc(-n2ccc(C3C4CN(C(=O)OC(CO)C(F)(F)F)CC43)n2)nc1. The highest BCUT2D eigenvalue weighted by Crippen LogP contribution is 2.57. The number of amides is 1. The molecule has 0 bridgehead atoms. The summed E-state index contributed by atoms with van der Waals surface area (Å²) < 4.78 is 49.1. The molecule has 2 fully saturated rings. The van der Waals surface area contributed by atoms with Crippen LogP contribution in [0.25, 0.3) is 5.82 Å². The Balaban J connectivity index is 1.35. The Hall–Kier alpha value is -2.82. The first-order valence-electron chi connectivity index (χ1n) is 9.01. The number of rotatable bonds is 5. The zero-order chi connectivity index (χ0) is 20.8. The highest BCUT2D eigenvalue weighted by Gasteiger charge is 2.59. The first-order chi connectivity index (χ1) is 13.8. The summed E-state index contributed by atoms with van der Waals surface area (Å²) in [6.45, 7) is -0.689. The van der Waals surface area contributed by atoms with E-state index in [9.17, 15) is 18.0 Å². The van der Waals surface area contributed by atoms with Gasteiger partial charge in [-0.25, -0.2) is 14.5 Å². The number of aromatic nitrogens is 3. The summed E-state index contributed by atoms with van der Waals surface area (Å²) in [7, 11) is 1.56. The standard InChI is InChI=1S/C18H19F3N4O4/c1-28-10-2-3-15(22-6-10)25-5-4-13(23-25)16-11-7-24(8-12(11)16)17(27)29-14(9-26)18(19,20)21/h2-6,11-12,14,16,26H,7-9H2,1H3. The van der Waals surface area contributed by atoms with E-state index in [1.54, 1.807) is 36.3 Å². The maximum atomic E-state index is 12.6. The number of halogens is 3. The first kappa shape index (κ1) is 19.5. The van der Waals surface area contributed by atoms with Gasteiger partial charge in [0.15, 0.2) is 5.82 Å². The number of pyridine rings is 1. The third-order valence-electron chi connectivity index (χ3n) is 5.37. The average molecular weight is 412 g/mol. The lowest BCUT2D eigenvalue weighted by molar-refractivity contribution is -0.214. The average Bonchev–Trinajstić information content (AvgIpc) is 3.07. The van der Waals surface area contributed by atoms with Crippen LogP contribution >= 0.6 is 0 Å². The number of ether oxygens (including phenoxy) is 2. The normalized spacial score (nSPS) is 24.2. The van der Waals surface area contributed by atoms with Gasteiger partial charge < -0.3 is 19.5 Å². The molecule has 0 spiro atoms. The van der Waals surface area contributed by atoms with Crippen molar-refractivity contribution in [1.82, 2.24) is 19.7 Å². The number of nitrogens with zero attached hydrogens (tertiary/aromatic N) is 4. The van der Waals surface area contributed by atoms with E-state index in [4.69, 9.17) is 9.84 Å². The Morgan fingerprint density at radius 1 is 1.31 bits per heavy atom. The van der Waals surface area contributed by atoms with Crippen LogP contribution in [0.1, 0.15) is 11.6 Å². The van der Waals surface area contributed by atoms with Crippen LogP contribution in [0.15, 0.2) is 30.6 Å². The predicted molar refractivity (Wildman–Crippen MR) is 92.6 cm³/mol. The van der Waals surface area contributed by atoms with Gasteiger partial charge in [0.25, 0.3) is 0 Å². The van der Waals surface area contributed by atoms with Crippen molar-refractivity contribution in [2.24, 2.45) is 11.8 Å². The van der Waals surface area contributed by atoms with Crippen LogP contribution in [-0.2, 0) is 4.74 Å². The van der Waals surface area contributed by atoms with Crippen LogP contribution in [0.2, 0.25) is 0 Å². The van der Waals surface area contributed by atoms with Crippen LogP contribution in [0.3, 0.4) is 0 Å². The Morgan fingerprint density at radius 3 is 2.59 bits per heavy atom. The van der Waals surface area contributed by atoms with Crippen molar-refractivity contribution >= 4 is 6.09 Å². The maximum absolute atomic E-state index is 12.6. The lowest BCUT2D eigenvalue weighted by Crippen LogP contribution is -2.42. The van der Waals surface area contributed by atoms with Gasteiger partial charge in [0.05, 0.1) is 25.6 Å². The van der Waals surface area contributed by atoms with Crippen LogP contribution in [0.4, 0.5) is 18.0 Å². The molecule has 2 aromatic heterocycles. The number of piperidine rings is 1. The minimum absolute atomic E-state index is 0.133. The van der Waals surface area contributed by atoms with Gasteiger partial charge in [-0.15, -0.1) is 0 Å². The second kappa shape index (κ2) is 7.21. The van der Waals surface area contributed by atoms with E-state index in [1.807, 2.05) is 6.07 Å². The number of methoxy groups -OCH3 is 1. The van der Waals surface area contributed by atoms with Crippen molar-refractivity contribution < 1.29 is 32.5 Å². The van der Waals surface area contributed by atoms with Crippen molar-refractivity contribution in [2.75, 3.05) is 26.8 Å². The van der Waals surface area contributed by atoms with E-state index in [2.05, 4.69) is 14.8 Å². The lowest BCUT2D eigenvalue weighted by Gasteiger charge is -2.24. The number of likely N-dealkylation sites (tertiary alicyclic amines) is 1. The fraction of sp³-hybridized carbons (Fsp3) is 0.500. The second-order valence-corrected chi connectivity index (χ2v) is 7.10. The summed E-state index contributed by atoms with van der Waals surface area (Å²) >= 11 is 0. The molecule has 8 nitrogen and oxygen atoms in total. The molecule has 1 N–H and O–H groups in total. The number of aliphatic hydroxyl groups is 1. The van der Waals surface area contributed by atoms with Crippen molar-refractivity contribution in [1.29, 1.82) is 0 Å². The molecule has 156 valence electrons. The van der Waals surface area contributed by atoms with Crippen molar-refractivity contribution in [3.8, 4) is 11.6 Å². The summed E-state index contributed by atoms with van der Waals surface area (Å²) in [5.41, 5.74) is 0.856. The van der Waals surface area contributed by atoms with Crippen LogP contribution < -0.4 is 4.74 Å². The number of aliphatic hydroxyl groups excluding tert-OH is 1. The van der Waals surface area contributed by atoms with E-state index < -0.39 is 25.0 Å². The summed E-state index contributed by atoms with van der Waals surface area (Å²) in [5, 5.41) is 13.3. The van der Waals surface area contributed by atoms with Gasteiger partial charge in [0.1, 0.15) is 5.75 Å². The zero-order valence-electron chi connectivity index (χ0n) is 15.4. The second-order valence-electron chi connectivity index (χ2n) is 7.10. The fourth-order valence-corrected chi connectivity index (χ4v) is 3.79. The molecule has 3 unspecified atom stereocenters. The quantitative estimate of drug-likeness (QED) is 0.808. The van der Waals surface area contributed by atoms with E-state index in [-0.39, 0.29) is 17.8 Å². The van der Waals surface area contributed by atoms with E-state index >= 15 is 0 Å². The summed E-state index contributed by atoms with van der Waals surface area (Å²) in [5.74, 6) is 1.69. The Bertz CT molecular complexity index is 874. The van der Waals surface area contributed by atoms with E-state index in [0.717, 1.165) is 5.69 Å². The van der Waals surface area contributed by atoms with Crippen molar-refractivity contribution in [2.45, 2.75) is 18.2 Å². The molecule has 2 aliphatic rings. The Morgan fingerprint density at radius 2 is 2.03 bits per heavy atom. The van der Waals surface area contributed by atoms with Gasteiger partial charge in [-0.05, 0) is 30.0 Å². The van der Waals surface area contributed by atoms with Gasteiger partial charge in [0.2, 0.25) is 6.10 Å². The summed E-state index contributed by atoms with van der Waals surface area (Å²) in [4.78, 5) is 17.5.